The molecular formula is C7H8N2O4. The normalized spacial score (nSPS) is 9.62. The molecular weight excluding hydrogens is 176 g/mol. The van der Waals surface area contributed by atoms with Crippen LogP contribution in [0.25, 0.3) is 0 Å². The molecule has 6 nitrogen and oxygen atoms in total. The number of carbonyl (C=O) groups is 2. The Kier molecular flexibility index (Phi) is 2.63. The smallest absolute Gasteiger partial charge is 0.323 e. The molecule has 1 amide bonds. The van der Waals surface area contributed by atoms with Crippen molar-refractivity contribution in [2.24, 2.45) is 0 Å². The number of hydrogen-bond donors (Lipinski definition) is 1. The first-order valence-electron chi connectivity index (χ1n) is 3.48. The summed E-state index contributed by atoms with van der Waals surface area (Å²) in [5.41, 5.74) is 0.240. The van der Waals surface area contributed by atoms with Gasteiger partial charge in [-0.3, -0.25) is 9.59 Å². The molecule has 0 radical (unpaired) electrons. The number of hydrogen-bond acceptors (Lipinski definition) is 4. The lowest BCUT2D eigenvalue weighted by Gasteiger charge is -2.11. The predicted octanol–water partition coefficient (Wildman–Crippen LogP) is -0.169. The van der Waals surface area contributed by atoms with Crippen LogP contribution in [0.2, 0.25) is 0 Å². The Morgan fingerprint density at radius 3 is 2.85 bits per heavy atom. The molecule has 70 valence electrons. The first-order valence-corrected chi connectivity index (χ1v) is 3.48. The van der Waals surface area contributed by atoms with E-state index in [9.17, 15) is 9.59 Å². The zero-order valence-corrected chi connectivity index (χ0v) is 6.93. The minimum atomic E-state index is -1.06. The predicted molar refractivity (Wildman–Crippen MR) is 41.1 cm³/mol. The number of likely N-dealkylation sites (N-methyl/N-ethyl adjacent to an activating group) is 1. The third kappa shape index (κ3) is 2.29. The van der Waals surface area contributed by atoms with Crippen molar-refractivity contribution in [3.8, 4) is 0 Å². The summed E-state index contributed by atoms with van der Waals surface area (Å²) in [5.74, 6) is -1.49. The van der Waals surface area contributed by atoms with Gasteiger partial charge in [0, 0.05) is 7.05 Å². The van der Waals surface area contributed by atoms with E-state index in [1.54, 1.807) is 0 Å². The minimum absolute atomic E-state index is 0.240. The van der Waals surface area contributed by atoms with Crippen molar-refractivity contribution in [1.29, 1.82) is 0 Å². The van der Waals surface area contributed by atoms with E-state index in [0.717, 1.165) is 4.90 Å². The maximum absolute atomic E-state index is 11.3. The second kappa shape index (κ2) is 3.70. The number of amides is 1. The Labute approximate surface area is 73.7 Å². The Hall–Kier alpha value is -1.85. The van der Waals surface area contributed by atoms with Crippen molar-refractivity contribution < 1.29 is 19.2 Å². The fourth-order valence-corrected chi connectivity index (χ4v) is 0.806. The maximum atomic E-state index is 11.3. The molecule has 1 N–H and O–H groups in total. The van der Waals surface area contributed by atoms with E-state index in [0.29, 0.717) is 0 Å². The number of aromatic nitrogens is 1. The average Bonchev–Trinajstić information content (AvgIpc) is 2.53. The molecule has 1 aromatic heterocycles. The van der Waals surface area contributed by atoms with E-state index in [4.69, 9.17) is 5.11 Å². The van der Waals surface area contributed by atoms with Crippen molar-refractivity contribution in [3.05, 3.63) is 18.0 Å². The van der Waals surface area contributed by atoms with Crippen LogP contribution in [-0.2, 0) is 4.79 Å². The molecule has 1 aromatic rings. The van der Waals surface area contributed by atoms with Crippen molar-refractivity contribution in [1.82, 2.24) is 10.1 Å². The van der Waals surface area contributed by atoms with Gasteiger partial charge in [0.2, 0.25) is 0 Å². The monoisotopic (exact) mass is 184 g/mol. The molecule has 0 atom stereocenters. The summed E-state index contributed by atoms with van der Waals surface area (Å²) >= 11 is 0. The number of rotatable bonds is 3. The van der Waals surface area contributed by atoms with Crippen LogP contribution < -0.4 is 0 Å². The van der Waals surface area contributed by atoms with E-state index in [1.807, 2.05) is 0 Å². The first-order chi connectivity index (χ1) is 6.11. The lowest BCUT2D eigenvalue weighted by Crippen LogP contribution is -2.31. The van der Waals surface area contributed by atoms with Crippen LogP contribution in [0.1, 0.15) is 10.4 Å². The lowest BCUT2D eigenvalue weighted by molar-refractivity contribution is -0.137. The summed E-state index contributed by atoms with van der Waals surface area (Å²) in [6, 6.07) is 0. The molecule has 0 fully saturated rings. The van der Waals surface area contributed by atoms with Gasteiger partial charge in [-0.05, 0) is 0 Å². The third-order valence-electron chi connectivity index (χ3n) is 1.40. The zero-order valence-electron chi connectivity index (χ0n) is 6.93. The number of carboxylic acid groups (broad SMARTS) is 1. The van der Waals surface area contributed by atoms with Gasteiger partial charge in [-0.25, -0.2) is 0 Å². The van der Waals surface area contributed by atoms with Gasteiger partial charge in [-0.15, -0.1) is 0 Å². The summed E-state index contributed by atoms with van der Waals surface area (Å²) < 4.78 is 4.45. The highest BCUT2D eigenvalue weighted by atomic mass is 16.5. The van der Waals surface area contributed by atoms with Crippen LogP contribution in [-0.4, -0.2) is 40.6 Å². The molecule has 0 aromatic carbocycles. The molecule has 1 rings (SSSR count). The Balaban J connectivity index is 2.63. The molecule has 13 heavy (non-hydrogen) atoms. The summed E-state index contributed by atoms with van der Waals surface area (Å²) in [4.78, 5) is 22.6. The van der Waals surface area contributed by atoms with Crippen molar-refractivity contribution in [3.63, 3.8) is 0 Å². The van der Waals surface area contributed by atoms with Crippen molar-refractivity contribution >= 4 is 11.9 Å². The average molecular weight is 184 g/mol. The lowest BCUT2D eigenvalue weighted by atomic mass is 10.3. The summed E-state index contributed by atoms with van der Waals surface area (Å²) in [6.07, 6.45) is 2.40. The van der Waals surface area contributed by atoms with E-state index < -0.39 is 11.9 Å². The number of aliphatic carboxylic acids is 1. The SMILES string of the molecule is CN(CC(=O)O)C(=O)c1cnoc1. The van der Waals surface area contributed by atoms with Gasteiger partial charge < -0.3 is 14.5 Å². The van der Waals surface area contributed by atoms with Gasteiger partial charge in [0.25, 0.3) is 5.91 Å². The molecule has 6 heteroatoms. The molecule has 0 saturated heterocycles. The van der Waals surface area contributed by atoms with Gasteiger partial charge in [0.05, 0.1) is 11.8 Å². The number of carbonyl (C=O) groups excluding carboxylic acids is 1. The zero-order chi connectivity index (χ0) is 9.84. The molecule has 0 aliphatic rings. The van der Waals surface area contributed by atoms with E-state index in [1.165, 1.54) is 19.5 Å². The van der Waals surface area contributed by atoms with Gasteiger partial charge in [-0.2, -0.15) is 0 Å². The van der Waals surface area contributed by atoms with Crippen molar-refractivity contribution in [2.75, 3.05) is 13.6 Å². The van der Waals surface area contributed by atoms with E-state index >= 15 is 0 Å². The van der Waals surface area contributed by atoms with Crippen LogP contribution in [0.15, 0.2) is 17.0 Å². The molecule has 0 aliphatic carbocycles. The molecule has 0 aliphatic heterocycles. The van der Waals surface area contributed by atoms with Crippen LogP contribution in [0.4, 0.5) is 0 Å². The Morgan fingerprint density at radius 2 is 2.38 bits per heavy atom. The van der Waals surface area contributed by atoms with Crippen LogP contribution in [0, 0.1) is 0 Å². The van der Waals surface area contributed by atoms with Gasteiger partial charge in [0.15, 0.2) is 0 Å². The largest absolute Gasteiger partial charge is 0.480 e. The fraction of sp³-hybridized carbons (Fsp3) is 0.286. The highest BCUT2D eigenvalue weighted by Crippen LogP contribution is 2.00. The van der Waals surface area contributed by atoms with Crippen LogP contribution in [0.3, 0.4) is 0 Å². The quantitative estimate of drug-likeness (QED) is 0.705. The van der Waals surface area contributed by atoms with E-state index in [2.05, 4.69) is 9.68 Å². The fourth-order valence-electron chi connectivity index (χ4n) is 0.806. The van der Waals surface area contributed by atoms with Gasteiger partial charge >= 0.3 is 5.97 Å². The molecule has 1 heterocycles. The standard InChI is InChI=1S/C7H8N2O4/c1-9(3-6(10)11)7(12)5-2-8-13-4-5/h2,4H,3H2,1H3,(H,10,11). The van der Waals surface area contributed by atoms with E-state index in [-0.39, 0.29) is 12.1 Å². The molecule has 0 bridgehead atoms. The number of nitrogens with zero attached hydrogens (tertiary/aromatic N) is 2. The summed E-state index contributed by atoms with van der Waals surface area (Å²) in [7, 11) is 1.39. The van der Waals surface area contributed by atoms with Gasteiger partial charge in [0.1, 0.15) is 12.8 Å². The second-order valence-corrected chi connectivity index (χ2v) is 2.47. The van der Waals surface area contributed by atoms with Crippen LogP contribution >= 0.6 is 0 Å². The summed E-state index contributed by atoms with van der Waals surface area (Å²) in [6.45, 7) is -0.343. The Morgan fingerprint density at radius 1 is 1.69 bits per heavy atom. The number of carboxylic acids is 1. The second-order valence-electron chi connectivity index (χ2n) is 2.47. The molecule has 0 saturated carbocycles. The highest BCUT2D eigenvalue weighted by Gasteiger charge is 2.15. The third-order valence-corrected chi connectivity index (χ3v) is 1.40. The molecule has 0 spiro atoms. The summed E-state index contributed by atoms with van der Waals surface area (Å²) in [5, 5.41) is 11.7. The van der Waals surface area contributed by atoms with Gasteiger partial charge in [-0.1, -0.05) is 5.16 Å². The van der Waals surface area contributed by atoms with Crippen LogP contribution in [0.5, 0.6) is 0 Å². The minimum Gasteiger partial charge on any atom is -0.480 e. The topological polar surface area (TPSA) is 83.6 Å². The maximum Gasteiger partial charge on any atom is 0.323 e. The first kappa shape index (κ1) is 9.24. The van der Waals surface area contributed by atoms with Crippen molar-refractivity contribution in [2.45, 2.75) is 0 Å². The Bertz CT molecular complexity index is 306. The molecule has 0 unspecified atom stereocenters. The highest BCUT2D eigenvalue weighted by molar-refractivity contribution is 5.94.